The summed E-state index contributed by atoms with van der Waals surface area (Å²) in [6.07, 6.45) is 0. The van der Waals surface area contributed by atoms with Crippen LogP contribution in [0.4, 0.5) is 17.6 Å². The van der Waals surface area contributed by atoms with Crippen LogP contribution in [0.15, 0.2) is 6.07 Å². The molecule has 0 aliphatic carbocycles. The van der Waals surface area contributed by atoms with E-state index >= 15 is 0 Å². The Kier molecular flexibility index (Phi) is 2.94. The van der Waals surface area contributed by atoms with Crippen LogP contribution < -0.4 is 0 Å². The predicted octanol–water partition coefficient (Wildman–Crippen LogP) is 2.61. The van der Waals surface area contributed by atoms with Gasteiger partial charge in [-0.1, -0.05) is 0 Å². The van der Waals surface area contributed by atoms with E-state index in [4.69, 9.17) is 5.11 Å². The van der Waals surface area contributed by atoms with Crippen molar-refractivity contribution < 1.29 is 27.5 Å². The normalized spacial score (nSPS) is 11.6. The van der Waals surface area contributed by atoms with Crippen LogP contribution in [-0.4, -0.2) is 11.1 Å². The fraction of sp³-hybridized carbons (Fsp3) is 0.300. The number of aliphatic carboxylic acids is 1. The zero-order chi connectivity index (χ0) is 12.7. The summed E-state index contributed by atoms with van der Waals surface area (Å²) in [4.78, 5) is 10.8. The molecule has 1 aromatic rings. The van der Waals surface area contributed by atoms with Gasteiger partial charge in [-0.25, -0.2) is 17.6 Å². The van der Waals surface area contributed by atoms with E-state index in [1.165, 1.54) is 0 Å². The van der Waals surface area contributed by atoms with Gasteiger partial charge in [0.15, 0.2) is 23.3 Å². The number of carboxylic acid groups (broad SMARTS) is 1. The van der Waals surface area contributed by atoms with E-state index in [-0.39, 0.29) is 6.07 Å². The predicted molar refractivity (Wildman–Crippen MR) is 46.9 cm³/mol. The van der Waals surface area contributed by atoms with Gasteiger partial charge in [-0.05, 0) is 13.8 Å². The molecule has 0 bridgehead atoms. The molecule has 0 saturated heterocycles. The molecule has 0 saturated carbocycles. The maximum Gasteiger partial charge on any atom is 0.313 e. The first-order valence-corrected chi connectivity index (χ1v) is 4.26. The Morgan fingerprint density at radius 3 is 1.81 bits per heavy atom. The van der Waals surface area contributed by atoms with Crippen molar-refractivity contribution in [3.05, 3.63) is 34.9 Å². The van der Waals surface area contributed by atoms with E-state index in [0.29, 0.717) is 0 Å². The number of rotatable bonds is 2. The molecule has 0 heterocycles. The Bertz CT molecular complexity index is 428. The Hall–Kier alpha value is -1.59. The molecule has 0 fully saturated rings. The van der Waals surface area contributed by atoms with Crippen LogP contribution in [-0.2, 0) is 10.2 Å². The van der Waals surface area contributed by atoms with E-state index in [0.717, 1.165) is 13.8 Å². The summed E-state index contributed by atoms with van der Waals surface area (Å²) >= 11 is 0. The monoisotopic (exact) mass is 236 g/mol. The first-order chi connectivity index (χ1) is 7.19. The third kappa shape index (κ3) is 1.75. The van der Waals surface area contributed by atoms with Crippen LogP contribution in [0.5, 0.6) is 0 Å². The first-order valence-electron chi connectivity index (χ1n) is 4.26. The van der Waals surface area contributed by atoms with Gasteiger partial charge in [0, 0.05) is 11.6 Å². The van der Waals surface area contributed by atoms with Gasteiger partial charge in [-0.2, -0.15) is 0 Å². The summed E-state index contributed by atoms with van der Waals surface area (Å²) in [5, 5.41) is 8.75. The average molecular weight is 236 g/mol. The van der Waals surface area contributed by atoms with Crippen molar-refractivity contribution in [3.63, 3.8) is 0 Å². The molecule has 0 amide bonds. The van der Waals surface area contributed by atoms with Crippen LogP contribution in [0.2, 0.25) is 0 Å². The van der Waals surface area contributed by atoms with Crippen molar-refractivity contribution in [1.29, 1.82) is 0 Å². The second kappa shape index (κ2) is 3.77. The Morgan fingerprint density at radius 2 is 1.50 bits per heavy atom. The fourth-order valence-electron chi connectivity index (χ4n) is 1.23. The Morgan fingerprint density at radius 1 is 1.12 bits per heavy atom. The molecule has 0 unspecified atom stereocenters. The Labute approximate surface area is 88.5 Å². The number of carbonyl (C=O) groups is 1. The molecule has 0 aliphatic heterocycles. The van der Waals surface area contributed by atoms with Crippen molar-refractivity contribution in [1.82, 2.24) is 0 Å². The maximum absolute atomic E-state index is 13.3. The van der Waals surface area contributed by atoms with Gasteiger partial charge in [0.25, 0.3) is 0 Å². The molecule has 0 atom stereocenters. The number of hydrogen-bond donors (Lipinski definition) is 1. The molecular formula is C10H8F4O2. The Balaban J connectivity index is 3.62. The highest BCUT2D eigenvalue weighted by Gasteiger charge is 2.37. The summed E-state index contributed by atoms with van der Waals surface area (Å²) < 4.78 is 52.2. The van der Waals surface area contributed by atoms with Crippen molar-refractivity contribution in [3.8, 4) is 0 Å². The lowest BCUT2D eigenvalue weighted by molar-refractivity contribution is -0.142. The minimum absolute atomic E-state index is 0.0338. The summed E-state index contributed by atoms with van der Waals surface area (Å²) in [6.45, 7) is 1.91. The molecule has 16 heavy (non-hydrogen) atoms. The van der Waals surface area contributed by atoms with Gasteiger partial charge in [0.2, 0.25) is 0 Å². The van der Waals surface area contributed by atoms with E-state index in [1.807, 2.05) is 0 Å². The molecule has 0 radical (unpaired) electrons. The zero-order valence-electron chi connectivity index (χ0n) is 8.44. The largest absolute Gasteiger partial charge is 0.481 e. The molecule has 2 nitrogen and oxygen atoms in total. The topological polar surface area (TPSA) is 37.3 Å². The number of hydrogen-bond acceptors (Lipinski definition) is 1. The summed E-state index contributed by atoms with van der Waals surface area (Å²) in [7, 11) is 0. The SMILES string of the molecule is CC(C)(C(=O)O)c1c(F)c(F)cc(F)c1F. The number of carboxylic acids is 1. The van der Waals surface area contributed by atoms with Crippen LogP contribution >= 0.6 is 0 Å². The fourth-order valence-corrected chi connectivity index (χ4v) is 1.23. The van der Waals surface area contributed by atoms with Gasteiger partial charge in [-0.3, -0.25) is 4.79 Å². The van der Waals surface area contributed by atoms with E-state index < -0.39 is 40.2 Å². The van der Waals surface area contributed by atoms with Gasteiger partial charge in [0.05, 0.1) is 5.41 Å². The van der Waals surface area contributed by atoms with Crippen LogP contribution in [0.3, 0.4) is 0 Å². The highest BCUT2D eigenvalue weighted by atomic mass is 19.2. The molecule has 1 N–H and O–H groups in total. The second-order valence-electron chi connectivity index (χ2n) is 3.77. The molecule has 1 rings (SSSR count). The van der Waals surface area contributed by atoms with E-state index in [9.17, 15) is 22.4 Å². The highest BCUT2D eigenvalue weighted by molar-refractivity contribution is 5.80. The standard InChI is InChI=1S/C10H8F4O2/c1-10(2,9(15)16)6-7(13)4(11)3-5(12)8(6)14/h3H,1-2H3,(H,15,16). The quantitative estimate of drug-likeness (QED) is 0.633. The molecule has 0 spiro atoms. The third-order valence-electron chi connectivity index (χ3n) is 2.27. The number of halogens is 4. The summed E-state index contributed by atoms with van der Waals surface area (Å²) in [6, 6.07) is 0.0338. The van der Waals surface area contributed by atoms with E-state index in [1.54, 1.807) is 0 Å². The van der Waals surface area contributed by atoms with Crippen molar-refractivity contribution >= 4 is 5.97 Å². The first kappa shape index (κ1) is 12.5. The third-order valence-corrected chi connectivity index (χ3v) is 2.27. The second-order valence-corrected chi connectivity index (χ2v) is 3.77. The zero-order valence-corrected chi connectivity index (χ0v) is 8.44. The van der Waals surface area contributed by atoms with E-state index in [2.05, 4.69) is 0 Å². The van der Waals surface area contributed by atoms with Crippen molar-refractivity contribution in [2.45, 2.75) is 19.3 Å². The number of benzene rings is 1. The van der Waals surface area contributed by atoms with Crippen LogP contribution in [0.25, 0.3) is 0 Å². The van der Waals surface area contributed by atoms with Gasteiger partial charge in [-0.15, -0.1) is 0 Å². The molecule has 88 valence electrons. The smallest absolute Gasteiger partial charge is 0.313 e. The lowest BCUT2D eigenvalue weighted by Gasteiger charge is -2.21. The highest BCUT2D eigenvalue weighted by Crippen LogP contribution is 2.31. The van der Waals surface area contributed by atoms with Crippen molar-refractivity contribution in [2.75, 3.05) is 0 Å². The molecule has 1 aromatic carbocycles. The minimum atomic E-state index is -2.06. The molecule has 0 aliphatic rings. The molecule has 6 heteroatoms. The van der Waals surface area contributed by atoms with Crippen LogP contribution in [0.1, 0.15) is 19.4 Å². The summed E-state index contributed by atoms with van der Waals surface area (Å²) in [5.74, 6) is -8.21. The summed E-state index contributed by atoms with van der Waals surface area (Å²) in [5.41, 5.74) is -3.19. The average Bonchev–Trinajstić information content (AvgIpc) is 2.14. The molecule has 0 aromatic heterocycles. The minimum Gasteiger partial charge on any atom is -0.481 e. The molecular weight excluding hydrogens is 228 g/mol. The van der Waals surface area contributed by atoms with Gasteiger partial charge >= 0.3 is 5.97 Å². The van der Waals surface area contributed by atoms with Crippen molar-refractivity contribution in [2.24, 2.45) is 0 Å². The van der Waals surface area contributed by atoms with Gasteiger partial charge < -0.3 is 5.11 Å². The lowest BCUT2D eigenvalue weighted by atomic mass is 9.84. The maximum atomic E-state index is 13.3. The van der Waals surface area contributed by atoms with Crippen LogP contribution in [0, 0.1) is 23.3 Å². The van der Waals surface area contributed by atoms with Gasteiger partial charge in [0.1, 0.15) is 0 Å². The lowest BCUT2D eigenvalue weighted by Crippen LogP contribution is -2.31.